The molecule has 3 aliphatic rings. The third-order valence-electron chi connectivity index (χ3n) is 7.02. The summed E-state index contributed by atoms with van der Waals surface area (Å²) < 4.78 is 0. The van der Waals surface area contributed by atoms with Crippen LogP contribution in [0.4, 0.5) is 0 Å². The molecular weight excluding hydrogens is 360 g/mol. The molecule has 0 spiro atoms. The molecule has 3 nitrogen and oxygen atoms in total. The first-order valence-electron chi connectivity index (χ1n) is 10.4. The molecule has 1 saturated carbocycles. The number of benzene rings is 1. The van der Waals surface area contributed by atoms with Crippen LogP contribution < -0.4 is 0 Å². The lowest BCUT2D eigenvalue weighted by atomic mass is 9.66. The summed E-state index contributed by atoms with van der Waals surface area (Å²) in [6.07, 6.45) is 11.0. The number of Topliss-reactive ketones (excluding diaryl/α,β-unsaturated/α-hetero) is 2. The zero-order valence-corrected chi connectivity index (χ0v) is 17.2. The van der Waals surface area contributed by atoms with Crippen LogP contribution in [0.2, 0.25) is 0 Å². The highest BCUT2D eigenvalue weighted by Crippen LogP contribution is 2.56. The summed E-state index contributed by atoms with van der Waals surface area (Å²) in [6.45, 7) is 8.08. The summed E-state index contributed by atoms with van der Waals surface area (Å²) in [6, 6.07) is 6.22. The van der Waals surface area contributed by atoms with Gasteiger partial charge in [0.2, 0.25) is 0 Å². The molecule has 150 valence electrons. The number of aliphatic hydroxyl groups excluding tert-OH is 1. The molecule has 0 aliphatic heterocycles. The molecule has 0 bridgehead atoms. The number of aryl methyl sites for hydroxylation is 1. The van der Waals surface area contributed by atoms with Crippen LogP contribution in [0, 0.1) is 18.3 Å². The van der Waals surface area contributed by atoms with E-state index in [-0.39, 0.29) is 34.6 Å². The number of carbonyl (C=O) groups is 2. The van der Waals surface area contributed by atoms with E-state index in [4.69, 9.17) is 0 Å². The molecule has 0 aromatic heterocycles. The van der Waals surface area contributed by atoms with Crippen molar-refractivity contribution < 1.29 is 14.7 Å². The van der Waals surface area contributed by atoms with Crippen LogP contribution in [0.3, 0.4) is 0 Å². The standard InChI is InChI=1S/C26H28O3/c1-4-18-8-9-19(12-16(18)2)25-24(29)15-20-13-17(10-11-26(20,25)3)14-21-22(27)6-5-7-23(21)28/h4,8-12,14,20,25,27H,1,5-7,13,15H2,2-3H3/b17-14-/t20?,25-,26-/m0/s1. The zero-order chi connectivity index (χ0) is 20.8. The molecule has 3 heteroatoms. The number of fused-ring (bicyclic) bond motifs is 1. The van der Waals surface area contributed by atoms with E-state index >= 15 is 0 Å². The van der Waals surface area contributed by atoms with Crippen molar-refractivity contribution in [2.24, 2.45) is 11.3 Å². The van der Waals surface area contributed by atoms with Gasteiger partial charge in [-0.3, -0.25) is 9.59 Å². The van der Waals surface area contributed by atoms with Gasteiger partial charge in [-0.2, -0.15) is 0 Å². The van der Waals surface area contributed by atoms with Gasteiger partial charge in [-0.1, -0.05) is 49.9 Å². The third kappa shape index (κ3) is 3.33. The number of hydrogen-bond donors (Lipinski definition) is 1. The van der Waals surface area contributed by atoms with Crippen molar-refractivity contribution in [3.8, 4) is 0 Å². The lowest BCUT2D eigenvalue weighted by Gasteiger charge is -2.37. The average Bonchev–Trinajstić information content (AvgIpc) is 2.94. The van der Waals surface area contributed by atoms with Gasteiger partial charge in [-0.15, -0.1) is 0 Å². The maximum atomic E-state index is 13.0. The first-order valence-corrected chi connectivity index (χ1v) is 10.4. The summed E-state index contributed by atoms with van der Waals surface area (Å²) in [5.41, 5.74) is 4.55. The molecule has 3 atom stereocenters. The van der Waals surface area contributed by atoms with Gasteiger partial charge in [0.05, 0.1) is 11.5 Å². The number of carbonyl (C=O) groups excluding carboxylic acids is 2. The Hall–Kier alpha value is -2.68. The third-order valence-corrected chi connectivity index (χ3v) is 7.02. The van der Waals surface area contributed by atoms with Crippen molar-refractivity contribution in [1.29, 1.82) is 0 Å². The predicted octanol–water partition coefficient (Wildman–Crippen LogP) is 5.77. The van der Waals surface area contributed by atoms with Crippen LogP contribution in [0.5, 0.6) is 0 Å². The normalized spacial score (nSPS) is 30.8. The smallest absolute Gasteiger partial charge is 0.166 e. The monoisotopic (exact) mass is 388 g/mol. The Bertz CT molecular complexity index is 991. The van der Waals surface area contributed by atoms with E-state index < -0.39 is 0 Å². The molecule has 0 amide bonds. The number of allylic oxidation sites excluding steroid dienone is 6. The summed E-state index contributed by atoms with van der Waals surface area (Å²) >= 11 is 0. The fourth-order valence-electron chi connectivity index (χ4n) is 5.28. The molecule has 0 heterocycles. The van der Waals surface area contributed by atoms with E-state index in [2.05, 4.69) is 44.7 Å². The molecule has 1 N–H and O–H groups in total. The minimum atomic E-state index is -0.233. The van der Waals surface area contributed by atoms with Crippen LogP contribution in [0.1, 0.15) is 61.6 Å². The van der Waals surface area contributed by atoms with Crippen molar-refractivity contribution >= 4 is 17.6 Å². The molecule has 3 aliphatic carbocycles. The van der Waals surface area contributed by atoms with Crippen LogP contribution >= 0.6 is 0 Å². The Morgan fingerprint density at radius 1 is 1.21 bits per heavy atom. The lowest BCUT2D eigenvalue weighted by Crippen LogP contribution is -2.29. The summed E-state index contributed by atoms with van der Waals surface area (Å²) in [5, 5.41) is 10.1. The quantitative estimate of drug-likeness (QED) is 0.715. The fourth-order valence-corrected chi connectivity index (χ4v) is 5.28. The topological polar surface area (TPSA) is 54.4 Å². The van der Waals surface area contributed by atoms with Gasteiger partial charge in [0, 0.05) is 24.7 Å². The highest BCUT2D eigenvalue weighted by atomic mass is 16.3. The molecule has 4 rings (SSSR count). The average molecular weight is 389 g/mol. The van der Waals surface area contributed by atoms with Gasteiger partial charge >= 0.3 is 0 Å². The van der Waals surface area contributed by atoms with E-state index in [9.17, 15) is 14.7 Å². The van der Waals surface area contributed by atoms with Crippen molar-refractivity contribution in [1.82, 2.24) is 0 Å². The fraction of sp³-hybridized carbons (Fsp3) is 0.385. The Balaban J connectivity index is 1.68. The number of hydrogen-bond acceptors (Lipinski definition) is 3. The molecule has 0 saturated heterocycles. The van der Waals surface area contributed by atoms with Crippen LogP contribution in [-0.4, -0.2) is 16.7 Å². The molecule has 29 heavy (non-hydrogen) atoms. The van der Waals surface area contributed by atoms with Crippen LogP contribution in [0.25, 0.3) is 6.08 Å². The molecule has 1 unspecified atom stereocenters. The SMILES string of the molecule is C=Cc1ccc([C@H]2C(=O)CC3C/C(=C\C4=C(O)CCCC4=O)C=C[C@@]32C)cc1C. The van der Waals surface area contributed by atoms with Crippen molar-refractivity contribution in [2.45, 2.75) is 51.9 Å². The van der Waals surface area contributed by atoms with Crippen molar-refractivity contribution in [3.05, 3.63) is 76.6 Å². The second-order valence-corrected chi connectivity index (χ2v) is 8.88. The Morgan fingerprint density at radius 3 is 2.69 bits per heavy atom. The summed E-state index contributed by atoms with van der Waals surface area (Å²) in [5.74, 6) is 0.559. The lowest BCUT2D eigenvalue weighted by molar-refractivity contribution is -0.119. The van der Waals surface area contributed by atoms with Crippen LogP contribution in [0.15, 0.2) is 59.9 Å². The second kappa shape index (κ2) is 7.29. The van der Waals surface area contributed by atoms with E-state index in [1.165, 1.54) is 0 Å². The van der Waals surface area contributed by atoms with Gasteiger partial charge < -0.3 is 5.11 Å². The highest BCUT2D eigenvalue weighted by molar-refractivity contribution is 5.99. The number of aliphatic hydroxyl groups is 1. The Labute approximate surface area is 172 Å². The first kappa shape index (κ1) is 19.6. The van der Waals surface area contributed by atoms with Gasteiger partial charge in [0.15, 0.2) is 5.78 Å². The van der Waals surface area contributed by atoms with E-state index in [0.717, 1.165) is 28.7 Å². The zero-order valence-electron chi connectivity index (χ0n) is 17.2. The largest absolute Gasteiger partial charge is 0.512 e. The van der Waals surface area contributed by atoms with Gasteiger partial charge in [0.25, 0.3) is 0 Å². The predicted molar refractivity (Wildman–Crippen MR) is 116 cm³/mol. The minimum absolute atomic E-state index is 0.0149. The first-order chi connectivity index (χ1) is 13.8. The van der Waals surface area contributed by atoms with Gasteiger partial charge in [-0.25, -0.2) is 0 Å². The van der Waals surface area contributed by atoms with Crippen LogP contribution in [-0.2, 0) is 9.59 Å². The van der Waals surface area contributed by atoms with Crippen molar-refractivity contribution in [3.63, 3.8) is 0 Å². The van der Waals surface area contributed by atoms with Gasteiger partial charge in [-0.05, 0) is 54.0 Å². The summed E-state index contributed by atoms with van der Waals surface area (Å²) in [7, 11) is 0. The molecule has 1 fully saturated rings. The minimum Gasteiger partial charge on any atom is -0.512 e. The number of rotatable bonds is 3. The van der Waals surface area contributed by atoms with E-state index in [1.807, 2.05) is 18.2 Å². The Kier molecular flexibility index (Phi) is 4.94. The van der Waals surface area contributed by atoms with E-state index in [1.54, 1.807) is 0 Å². The highest BCUT2D eigenvalue weighted by Gasteiger charge is 2.51. The number of ketones is 2. The van der Waals surface area contributed by atoms with Crippen molar-refractivity contribution in [2.75, 3.05) is 0 Å². The molecule has 1 aromatic carbocycles. The second-order valence-electron chi connectivity index (χ2n) is 8.88. The molecule has 0 radical (unpaired) electrons. The van der Waals surface area contributed by atoms with E-state index in [0.29, 0.717) is 31.3 Å². The maximum Gasteiger partial charge on any atom is 0.166 e. The Morgan fingerprint density at radius 2 is 2.00 bits per heavy atom. The van der Waals surface area contributed by atoms with Gasteiger partial charge in [0.1, 0.15) is 11.5 Å². The maximum absolute atomic E-state index is 13.0. The molecule has 1 aromatic rings. The summed E-state index contributed by atoms with van der Waals surface area (Å²) in [4.78, 5) is 25.2. The molecular formula is C26H28O3.